The molecule has 1 rings (SSSR count). The molecule has 0 N–H and O–H groups in total. The Hall–Kier alpha value is -0.630. The maximum Gasteiger partial charge on any atom is 0.187 e. The third-order valence-electron chi connectivity index (χ3n) is 1.52. The molecule has 0 aliphatic carbocycles. The van der Waals surface area contributed by atoms with E-state index < -0.39 is 0 Å². The molecule has 0 fully saturated rings. The van der Waals surface area contributed by atoms with E-state index in [0.29, 0.717) is 0 Å². The van der Waals surface area contributed by atoms with Crippen LogP contribution in [0.15, 0.2) is 30.3 Å². The van der Waals surface area contributed by atoms with E-state index in [1.165, 1.54) is 12.8 Å². The number of rotatable bonds is 5. The van der Waals surface area contributed by atoms with E-state index in [-0.39, 0.29) is 0 Å². The minimum atomic E-state index is 0.968. The van der Waals surface area contributed by atoms with E-state index in [2.05, 4.69) is 6.92 Å². The zero-order chi connectivity index (χ0) is 8.65. The molecule has 0 radical (unpaired) electrons. The summed E-state index contributed by atoms with van der Waals surface area (Å²) in [6, 6.07) is 9.95. The summed E-state index contributed by atoms with van der Waals surface area (Å²) >= 11 is 1.07. The molecule has 66 valence electrons. The van der Waals surface area contributed by atoms with Gasteiger partial charge in [0.05, 0.1) is 0 Å². The van der Waals surface area contributed by atoms with Gasteiger partial charge in [-0.15, -0.1) is 0 Å². The molecule has 1 aromatic rings. The van der Waals surface area contributed by atoms with Crippen LogP contribution in [0, 0.1) is 0 Å². The van der Waals surface area contributed by atoms with Gasteiger partial charge < -0.3 is 0 Å². The molecule has 0 aliphatic heterocycles. The summed E-state index contributed by atoms with van der Waals surface area (Å²) < 4.78 is 5.48. The maximum absolute atomic E-state index is 5.48. The average molecular weight is 183 g/mol. The predicted molar refractivity (Wildman–Crippen MR) is 55.6 cm³/mol. The van der Waals surface area contributed by atoms with Gasteiger partial charge in [0.25, 0.3) is 0 Å². The molecule has 2 heteroatoms. The summed E-state index contributed by atoms with van der Waals surface area (Å²) in [4.78, 5) is 0. The lowest BCUT2D eigenvalue weighted by molar-refractivity contribution is 0.638. The van der Waals surface area contributed by atoms with Gasteiger partial charge in [-0.2, -0.15) is 0 Å². The molecule has 0 aromatic heterocycles. The molecule has 0 unspecified atom stereocenters. The van der Waals surface area contributed by atoms with Gasteiger partial charge in [-0.3, -0.25) is 4.18 Å². The monoisotopic (exact) mass is 183 g/mol. The van der Waals surface area contributed by atoms with Gasteiger partial charge in [0, 0.05) is 0 Å². The number of benzene rings is 1. The van der Waals surface area contributed by atoms with Crippen LogP contribution in [0.4, 0.5) is 0 Å². The molecular weight excluding hydrogens is 168 g/mol. The summed E-state index contributed by atoms with van der Waals surface area (Å²) in [6.45, 7) is 2.19. The third-order valence-corrected chi connectivity index (χ3v) is 2.35. The minimum absolute atomic E-state index is 0.968. The molecule has 0 aliphatic rings. The highest BCUT2D eigenvalue weighted by Gasteiger charge is 1.98. The van der Waals surface area contributed by atoms with Crippen molar-refractivity contribution in [1.82, 2.24) is 0 Å². The van der Waals surface area contributed by atoms with E-state index in [9.17, 15) is 0 Å². The number of thiol groups is 1. The zero-order valence-electron chi connectivity index (χ0n) is 7.36. The molecular formula is C10H15OS+. The molecule has 1 aromatic carbocycles. The number of para-hydroxylation sites is 1. The van der Waals surface area contributed by atoms with Gasteiger partial charge in [0.15, 0.2) is 17.8 Å². The second kappa shape index (κ2) is 5.95. The van der Waals surface area contributed by atoms with Crippen LogP contribution in [0.2, 0.25) is 0 Å². The molecule has 0 spiro atoms. The molecule has 0 amide bonds. The van der Waals surface area contributed by atoms with Crippen LogP contribution in [0.1, 0.15) is 19.8 Å². The summed E-state index contributed by atoms with van der Waals surface area (Å²) in [6.07, 6.45) is 2.49. The second-order valence-electron chi connectivity index (χ2n) is 2.61. The molecule has 0 heterocycles. The van der Waals surface area contributed by atoms with Gasteiger partial charge in [0.1, 0.15) is 5.75 Å². The van der Waals surface area contributed by atoms with Crippen molar-refractivity contribution in [2.24, 2.45) is 0 Å². The molecule has 0 saturated heterocycles. The van der Waals surface area contributed by atoms with Gasteiger partial charge in [-0.05, 0) is 18.6 Å². The first-order valence-electron chi connectivity index (χ1n) is 4.32. The standard InChI is InChI=1S/C10H14OS/c1-2-3-9-12-11-10-7-5-4-6-8-10/h4-8H,2-3,9H2,1H3/p+1. The normalized spacial score (nSPS) is 9.75. The largest absolute Gasteiger partial charge is 0.288 e. The Kier molecular flexibility index (Phi) is 4.69. The number of unbranched alkanes of at least 4 members (excludes halogenated alkanes) is 1. The molecule has 0 saturated carbocycles. The van der Waals surface area contributed by atoms with Crippen molar-refractivity contribution in [2.45, 2.75) is 19.8 Å². The van der Waals surface area contributed by atoms with E-state index in [0.717, 1.165) is 23.5 Å². The summed E-state index contributed by atoms with van der Waals surface area (Å²) in [7, 11) is 0. The Morgan fingerprint density at radius 1 is 1.25 bits per heavy atom. The van der Waals surface area contributed by atoms with Crippen LogP contribution in [0.5, 0.6) is 5.75 Å². The highest BCUT2D eigenvalue weighted by Crippen LogP contribution is 2.08. The van der Waals surface area contributed by atoms with Crippen LogP contribution >= 0.6 is 0 Å². The lowest BCUT2D eigenvalue weighted by Gasteiger charge is -1.93. The van der Waals surface area contributed by atoms with E-state index in [1.54, 1.807) is 0 Å². The van der Waals surface area contributed by atoms with E-state index >= 15 is 0 Å². The minimum Gasteiger partial charge on any atom is -0.288 e. The first-order valence-corrected chi connectivity index (χ1v) is 5.32. The fraction of sp³-hybridized carbons (Fsp3) is 0.400. The van der Waals surface area contributed by atoms with Crippen LogP contribution in [0.25, 0.3) is 0 Å². The Labute approximate surface area is 78.3 Å². The Morgan fingerprint density at radius 3 is 2.67 bits per heavy atom. The molecule has 12 heavy (non-hydrogen) atoms. The maximum atomic E-state index is 5.48. The highest BCUT2D eigenvalue weighted by molar-refractivity contribution is 7.73. The van der Waals surface area contributed by atoms with Crippen molar-refractivity contribution in [2.75, 3.05) is 5.75 Å². The van der Waals surface area contributed by atoms with Gasteiger partial charge in [-0.1, -0.05) is 31.5 Å². The fourth-order valence-corrected chi connectivity index (χ4v) is 1.63. The van der Waals surface area contributed by atoms with Crippen molar-refractivity contribution in [3.8, 4) is 5.75 Å². The van der Waals surface area contributed by atoms with Crippen molar-refractivity contribution in [3.63, 3.8) is 0 Å². The SMILES string of the molecule is CCCC[SH+]Oc1ccccc1. The smallest absolute Gasteiger partial charge is 0.187 e. The van der Waals surface area contributed by atoms with Crippen molar-refractivity contribution >= 4 is 12.0 Å². The van der Waals surface area contributed by atoms with Crippen molar-refractivity contribution < 1.29 is 4.18 Å². The van der Waals surface area contributed by atoms with E-state index in [4.69, 9.17) is 4.18 Å². The van der Waals surface area contributed by atoms with E-state index in [1.807, 2.05) is 30.3 Å². The first-order chi connectivity index (χ1) is 5.93. The van der Waals surface area contributed by atoms with Crippen molar-refractivity contribution in [3.05, 3.63) is 30.3 Å². The quantitative estimate of drug-likeness (QED) is 0.387. The van der Waals surface area contributed by atoms with Crippen LogP contribution in [-0.2, 0) is 12.0 Å². The molecule has 1 nitrogen and oxygen atoms in total. The predicted octanol–water partition coefficient (Wildman–Crippen LogP) is 2.60. The third kappa shape index (κ3) is 3.67. The Morgan fingerprint density at radius 2 is 2.00 bits per heavy atom. The lowest BCUT2D eigenvalue weighted by atomic mass is 10.3. The summed E-state index contributed by atoms with van der Waals surface area (Å²) in [5, 5.41) is 0. The number of hydrogen-bond acceptors (Lipinski definition) is 1. The average Bonchev–Trinajstić information content (AvgIpc) is 2.14. The topological polar surface area (TPSA) is 9.23 Å². The highest BCUT2D eigenvalue weighted by atomic mass is 32.2. The Bertz CT molecular complexity index is 198. The summed E-state index contributed by atoms with van der Waals surface area (Å²) in [5.74, 6) is 2.10. The van der Waals surface area contributed by atoms with Gasteiger partial charge in [-0.25, -0.2) is 0 Å². The second-order valence-corrected chi connectivity index (χ2v) is 3.50. The lowest BCUT2D eigenvalue weighted by Crippen LogP contribution is -1.96. The Balaban J connectivity index is 2.16. The van der Waals surface area contributed by atoms with Crippen LogP contribution in [-0.4, -0.2) is 5.75 Å². The summed E-state index contributed by atoms with van der Waals surface area (Å²) in [5.41, 5.74) is 0. The molecule has 0 atom stereocenters. The number of hydrogen-bond donors (Lipinski definition) is 0. The van der Waals surface area contributed by atoms with Gasteiger partial charge in [0.2, 0.25) is 0 Å². The molecule has 0 bridgehead atoms. The van der Waals surface area contributed by atoms with Gasteiger partial charge >= 0.3 is 0 Å². The van der Waals surface area contributed by atoms with Crippen LogP contribution in [0.3, 0.4) is 0 Å². The zero-order valence-corrected chi connectivity index (χ0v) is 8.26. The first kappa shape index (κ1) is 9.46. The van der Waals surface area contributed by atoms with Crippen LogP contribution < -0.4 is 4.18 Å². The fourth-order valence-electron chi connectivity index (χ4n) is 0.824. The van der Waals surface area contributed by atoms with Crippen molar-refractivity contribution in [1.29, 1.82) is 0 Å².